The van der Waals surface area contributed by atoms with E-state index in [1.807, 2.05) is 24.3 Å². The highest BCUT2D eigenvalue weighted by Crippen LogP contribution is 2.32. The normalized spacial score (nSPS) is 18.6. The van der Waals surface area contributed by atoms with Gasteiger partial charge in [-0.3, -0.25) is 9.80 Å². The van der Waals surface area contributed by atoms with Gasteiger partial charge in [-0.05, 0) is 29.8 Å². The number of fused-ring (bicyclic) bond motifs is 1. The topological polar surface area (TPSA) is 45.2 Å². The van der Waals surface area contributed by atoms with E-state index in [0.29, 0.717) is 6.79 Å². The van der Waals surface area contributed by atoms with Gasteiger partial charge in [0.25, 0.3) is 0 Å². The van der Waals surface area contributed by atoms with Crippen LogP contribution in [-0.2, 0) is 6.54 Å². The van der Waals surface area contributed by atoms with Crippen LogP contribution >= 0.6 is 11.8 Å². The minimum atomic E-state index is -0.296. The van der Waals surface area contributed by atoms with Gasteiger partial charge < -0.3 is 14.6 Å². The molecule has 1 fully saturated rings. The molecule has 2 aromatic rings. The van der Waals surface area contributed by atoms with Gasteiger partial charge in [0.15, 0.2) is 11.5 Å². The third-order valence-corrected chi connectivity index (χ3v) is 6.12. The van der Waals surface area contributed by atoms with Crippen molar-refractivity contribution in [2.45, 2.75) is 17.5 Å². The lowest BCUT2D eigenvalue weighted by Gasteiger charge is -2.35. The van der Waals surface area contributed by atoms with Crippen molar-refractivity contribution in [3.63, 3.8) is 0 Å². The number of ether oxygens (including phenoxy) is 2. The van der Waals surface area contributed by atoms with E-state index >= 15 is 0 Å². The van der Waals surface area contributed by atoms with E-state index in [1.54, 1.807) is 11.8 Å². The van der Waals surface area contributed by atoms with E-state index < -0.39 is 0 Å². The summed E-state index contributed by atoms with van der Waals surface area (Å²) in [5.74, 6) is 2.43. The molecular weight excluding hydrogens is 360 g/mol. The highest BCUT2D eigenvalue weighted by Gasteiger charge is 2.20. The van der Waals surface area contributed by atoms with E-state index in [4.69, 9.17) is 9.47 Å². The molecule has 4 rings (SSSR count). The first-order valence-electron chi connectivity index (χ1n) is 9.45. The number of β-amino-alcohol motifs (C(OH)–C–C–N with tert-alkyl or cyclic N) is 1. The lowest BCUT2D eigenvalue weighted by Crippen LogP contribution is -2.48. The van der Waals surface area contributed by atoms with Crippen LogP contribution in [0.3, 0.4) is 0 Å². The van der Waals surface area contributed by atoms with Gasteiger partial charge in [0.1, 0.15) is 0 Å². The number of hydrogen-bond donors (Lipinski definition) is 1. The summed E-state index contributed by atoms with van der Waals surface area (Å²) in [6.45, 7) is 6.03. The number of benzene rings is 2. The van der Waals surface area contributed by atoms with Crippen LogP contribution in [0.15, 0.2) is 53.4 Å². The van der Waals surface area contributed by atoms with Gasteiger partial charge in [-0.15, -0.1) is 11.8 Å². The third-order valence-electron chi connectivity index (χ3n) is 4.96. The second-order valence-electron chi connectivity index (χ2n) is 7.04. The average molecular weight is 387 g/mol. The molecule has 144 valence electrons. The Balaban J connectivity index is 1.18. The Bertz CT molecular complexity index is 735. The van der Waals surface area contributed by atoms with Crippen molar-refractivity contribution in [3.8, 4) is 11.5 Å². The molecule has 0 radical (unpaired) electrons. The van der Waals surface area contributed by atoms with Crippen LogP contribution in [0.1, 0.15) is 5.56 Å². The first kappa shape index (κ1) is 18.6. The molecule has 0 spiro atoms. The number of aliphatic hydroxyl groups excluding tert-OH is 1. The van der Waals surface area contributed by atoms with Crippen LogP contribution < -0.4 is 9.47 Å². The van der Waals surface area contributed by atoms with Gasteiger partial charge in [-0.2, -0.15) is 0 Å². The predicted octanol–water partition coefficient (Wildman–Crippen LogP) is 2.69. The minimum absolute atomic E-state index is 0.296. The Hall–Kier alpha value is -1.73. The zero-order valence-electron chi connectivity index (χ0n) is 15.4. The lowest BCUT2D eigenvalue weighted by molar-refractivity contribution is 0.0798. The SMILES string of the molecule is OC(CSc1ccccc1)CN1CCN(Cc2ccc3c(c2)OCO3)CC1. The average Bonchev–Trinajstić information content (AvgIpc) is 3.17. The monoisotopic (exact) mass is 386 g/mol. The van der Waals surface area contributed by atoms with Crippen molar-refractivity contribution in [1.82, 2.24) is 9.80 Å². The predicted molar refractivity (Wildman–Crippen MR) is 107 cm³/mol. The van der Waals surface area contributed by atoms with Crippen LogP contribution in [0.4, 0.5) is 0 Å². The maximum absolute atomic E-state index is 10.4. The summed E-state index contributed by atoms with van der Waals surface area (Å²) in [5.41, 5.74) is 1.26. The zero-order chi connectivity index (χ0) is 18.5. The molecule has 1 atom stereocenters. The summed E-state index contributed by atoms with van der Waals surface area (Å²) >= 11 is 1.72. The Morgan fingerprint density at radius 1 is 0.926 bits per heavy atom. The molecule has 1 saturated heterocycles. The van der Waals surface area contributed by atoms with Gasteiger partial charge in [0.2, 0.25) is 6.79 Å². The highest BCUT2D eigenvalue weighted by atomic mass is 32.2. The lowest BCUT2D eigenvalue weighted by atomic mass is 10.1. The molecule has 2 aromatic carbocycles. The quantitative estimate of drug-likeness (QED) is 0.739. The van der Waals surface area contributed by atoms with Crippen molar-refractivity contribution in [1.29, 1.82) is 0 Å². The number of hydrogen-bond acceptors (Lipinski definition) is 6. The fraction of sp³-hybridized carbons (Fsp3) is 0.429. The van der Waals surface area contributed by atoms with E-state index in [2.05, 4.69) is 34.1 Å². The van der Waals surface area contributed by atoms with E-state index in [0.717, 1.165) is 56.5 Å². The fourth-order valence-corrected chi connectivity index (χ4v) is 4.33. The molecule has 2 heterocycles. The summed E-state index contributed by atoms with van der Waals surface area (Å²) in [7, 11) is 0. The van der Waals surface area contributed by atoms with Crippen LogP contribution in [0.2, 0.25) is 0 Å². The summed E-state index contributed by atoms with van der Waals surface area (Å²) < 4.78 is 10.8. The summed E-state index contributed by atoms with van der Waals surface area (Å²) in [6.07, 6.45) is -0.296. The fourth-order valence-electron chi connectivity index (χ4n) is 3.49. The highest BCUT2D eigenvalue weighted by molar-refractivity contribution is 7.99. The first-order valence-corrected chi connectivity index (χ1v) is 10.4. The molecule has 0 saturated carbocycles. The second kappa shape index (κ2) is 8.97. The van der Waals surface area contributed by atoms with Crippen LogP contribution in [0.25, 0.3) is 0 Å². The van der Waals surface area contributed by atoms with Gasteiger partial charge in [0, 0.05) is 49.9 Å². The van der Waals surface area contributed by atoms with Crippen molar-refractivity contribution in [2.24, 2.45) is 0 Å². The summed E-state index contributed by atoms with van der Waals surface area (Å²) in [5, 5.41) is 10.4. The number of thioether (sulfide) groups is 1. The maximum Gasteiger partial charge on any atom is 0.231 e. The minimum Gasteiger partial charge on any atom is -0.454 e. The number of piperazine rings is 1. The van der Waals surface area contributed by atoms with Gasteiger partial charge in [-0.25, -0.2) is 0 Å². The number of rotatable bonds is 7. The molecule has 6 heteroatoms. The third kappa shape index (κ3) is 5.17. The first-order chi connectivity index (χ1) is 13.3. The Kier molecular flexibility index (Phi) is 6.19. The number of nitrogens with zero attached hydrogens (tertiary/aromatic N) is 2. The van der Waals surface area contributed by atoms with Gasteiger partial charge >= 0.3 is 0 Å². The van der Waals surface area contributed by atoms with Gasteiger partial charge in [0.05, 0.1) is 6.10 Å². The molecule has 1 N–H and O–H groups in total. The largest absolute Gasteiger partial charge is 0.454 e. The van der Waals surface area contributed by atoms with Crippen LogP contribution in [0.5, 0.6) is 11.5 Å². The maximum atomic E-state index is 10.4. The molecule has 2 aliphatic rings. The van der Waals surface area contributed by atoms with Gasteiger partial charge in [-0.1, -0.05) is 24.3 Å². The Morgan fingerprint density at radius 3 is 2.48 bits per heavy atom. The molecule has 1 unspecified atom stereocenters. The number of aliphatic hydroxyl groups is 1. The molecule has 0 aliphatic carbocycles. The Morgan fingerprint density at radius 2 is 1.67 bits per heavy atom. The smallest absolute Gasteiger partial charge is 0.231 e. The molecule has 0 amide bonds. The Labute approximate surface area is 164 Å². The van der Waals surface area contributed by atoms with Crippen LogP contribution in [0, 0.1) is 0 Å². The summed E-state index contributed by atoms with van der Waals surface area (Å²) in [6, 6.07) is 16.5. The van der Waals surface area contributed by atoms with Crippen molar-refractivity contribution >= 4 is 11.8 Å². The zero-order valence-corrected chi connectivity index (χ0v) is 16.2. The van der Waals surface area contributed by atoms with E-state index in [-0.39, 0.29) is 6.10 Å². The standard InChI is InChI=1S/C21H26N2O3S/c24-18(15-27-19-4-2-1-3-5-19)14-23-10-8-22(9-11-23)13-17-6-7-20-21(12-17)26-16-25-20/h1-7,12,18,24H,8-11,13-16H2. The second-order valence-corrected chi connectivity index (χ2v) is 8.14. The molecular formula is C21H26N2O3S. The van der Waals surface area contributed by atoms with Crippen molar-refractivity contribution in [3.05, 3.63) is 54.1 Å². The van der Waals surface area contributed by atoms with Crippen molar-refractivity contribution < 1.29 is 14.6 Å². The molecule has 0 aromatic heterocycles. The molecule has 0 bridgehead atoms. The summed E-state index contributed by atoms with van der Waals surface area (Å²) in [4.78, 5) is 6.04. The van der Waals surface area contributed by atoms with Crippen LogP contribution in [-0.4, -0.2) is 66.3 Å². The molecule has 2 aliphatic heterocycles. The van der Waals surface area contributed by atoms with Crippen molar-refractivity contribution in [2.75, 3.05) is 45.3 Å². The van der Waals surface area contributed by atoms with E-state index in [1.165, 1.54) is 10.5 Å². The molecule has 27 heavy (non-hydrogen) atoms. The van der Waals surface area contributed by atoms with E-state index in [9.17, 15) is 5.11 Å². The molecule has 5 nitrogen and oxygen atoms in total.